The first-order chi connectivity index (χ1) is 8.53. The fraction of sp³-hybridized carbons (Fsp3) is 0.286. The third-order valence-corrected chi connectivity index (χ3v) is 0.905. The molecule has 0 radical (unpaired) electrons. The predicted octanol–water partition coefficient (Wildman–Crippen LogP) is 2.83. The first kappa shape index (κ1) is 21.2. The summed E-state index contributed by atoms with van der Waals surface area (Å²) < 4.78 is 9.04. The second-order valence-electron chi connectivity index (χ2n) is 2.56. The van der Waals surface area contributed by atoms with Gasteiger partial charge in [0, 0.05) is 12.2 Å². The Labute approximate surface area is 109 Å². The molecule has 0 atom stereocenters. The number of ether oxygens (including phenoxy) is 2. The number of rotatable bonds is 5. The zero-order valence-corrected chi connectivity index (χ0v) is 11.2. The molecule has 0 fully saturated rings. The van der Waals surface area contributed by atoms with Gasteiger partial charge in [-0.3, -0.25) is 0 Å². The first-order valence-corrected chi connectivity index (χ1v) is 5.26. The van der Waals surface area contributed by atoms with Gasteiger partial charge in [0.25, 0.3) is 0 Å². The van der Waals surface area contributed by atoms with Gasteiger partial charge in [-0.1, -0.05) is 25.3 Å². The van der Waals surface area contributed by atoms with Gasteiger partial charge in [-0.2, -0.15) is 0 Å². The maximum Gasteiger partial charge on any atom is 0.330 e. The molecule has 0 spiro atoms. The van der Waals surface area contributed by atoms with E-state index in [1.54, 1.807) is 12.2 Å². The highest BCUT2D eigenvalue weighted by Crippen LogP contribution is 1.82. The molecule has 0 saturated heterocycles. The van der Waals surface area contributed by atoms with Crippen LogP contribution >= 0.6 is 0 Å². The molecule has 4 nitrogen and oxygen atoms in total. The van der Waals surface area contributed by atoms with Crippen molar-refractivity contribution in [2.24, 2.45) is 0 Å². The van der Waals surface area contributed by atoms with E-state index in [4.69, 9.17) is 0 Å². The number of allylic oxidation sites excluding steroid dienone is 2. The van der Waals surface area contributed by atoms with Crippen molar-refractivity contribution in [3.8, 4) is 0 Å². The zero-order valence-electron chi connectivity index (χ0n) is 11.2. The van der Waals surface area contributed by atoms with Crippen LogP contribution in [-0.4, -0.2) is 25.2 Å². The Kier molecular flexibility index (Phi) is 24.0. The van der Waals surface area contributed by atoms with E-state index in [-0.39, 0.29) is 13.2 Å². The molecule has 0 heterocycles. The van der Waals surface area contributed by atoms with Crippen LogP contribution in [0.5, 0.6) is 0 Å². The van der Waals surface area contributed by atoms with E-state index in [0.29, 0.717) is 0 Å². The summed E-state index contributed by atoms with van der Waals surface area (Å²) in [4.78, 5) is 20.9. The monoisotopic (exact) mass is 254 g/mol. The van der Waals surface area contributed by atoms with Crippen molar-refractivity contribution in [2.75, 3.05) is 13.2 Å². The first-order valence-electron chi connectivity index (χ1n) is 5.26. The van der Waals surface area contributed by atoms with Crippen LogP contribution in [0.25, 0.3) is 0 Å². The molecular formula is C14H22O4. The van der Waals surface area contributed by atoms with Crippen molar-refractivity contribution in [3.63, 3.8) is 0 Å². The highest BCUT2D eigenvalue weighted by Gasteiger charge is 1.97. The number of hydrogen-bond donors (Lipinski definition) is 0. The van der Waals surface area contributed by atoms with Crippen molar-refractivity contribution in [1.82, 2.24) is 0 Å². The Bertz CT molecular complexity index is 239. The number of carbonyl (C=O) groups is 2. The van der Waals surface area contributed by atoms with Gasteiger partial charge in [0.1, 0.15) is 13.2 Å². The Morgan fingerprint density at radius 2 is 1.06 bits per heavy atom. The van der Waals surface area contributed by atoms with E-state index in [0.717, 1.165) is 12.2 Å². The summed E-state index contributed by atoms with van der Waals surface area (Å²) in [6.45, 7) is 16.9. The molecule has 4 heteroatoms. The largest absolute Gasteiger partial charge is 0.459 e. The minimum Gasteiger partial charge on any atom is -0.459 e. The number of esters is 2. The lowest BCUT2D eigenvalue weighted by atomic mass is 10.6. The molecule has 0 saturated carbocycles. The van der Waals surface area contributed by atoms with E-state index in [1.807, 2.05) is 13.8 Å². The molecule has 0 aromatic rings. The fourth-order valence-corrected chi connectivity index (χ4v) is 0.402. The van der Waals surface area contributed by atoms with Crippen LogP contribution < -0.4 is 0 Å². The standard InChI is InChI=1S/C8H10O4.2C3H6/c1-3-7(9)11-5-6-12-8(10)4-2;2*1-3-2/h3-4H,1-2,5-6H2;2*3H,1H2,2H3. The third-order valence-electron chi connectivity index (χ3n) is 0.905. The summed E-state index contributed by atoms with van der Waals surface area (Å²) in [6, 6.07) is 0. The molecule has 0 aromatic heterocycles. The van der Waals surface area contributed by atoms with Gasteiger partial charge in [-0.05, 0) is 13.8 Å². The van der Waals surface area contributed by atoms with Crippen LogP contribution in [-0.2, 0) is 19.1 Å². The maximum absolute atomic E-state index is 10.4. The van der Waals surface area contributed by atoms with Crippen LogP contribution in [0.4, 0.5) is 0 Å². The topological polar surface area (TPSA) is 52.6 Å². The summed E-state index contributed by atoms with van der Waals surface area (Å²) in [7, 11) is 0. The van der Waals surface area contributed by atoms with Gasteiger partial charge >= 0.3 is 11.9 Å². The zero-order chi connectivity index (χ0) is 14.8. The summed E-state index contributed by atoms with van der Waals surface area (Å²) in [5.41, 5.74) is 0. The molecule has 18 heavy (non-hydrogen) atoms. The summed E-state index contributed by atoms with van der Waals surface area (Å²) in [5, 5.41) is 0. The van der Waals surface area contributed by atoms with Crippen LogP contribution in [0.3, 0.4) is 0 Å². The second-order valence-corrected chi connectivity index (χ2v) is 2.56. The molecule has 0 unspecified atom stereocenters. The minimum absolute atomic E-state index is 0.0322. The van der Waals surface area contributed by atoms with Crippen molar-refractivity contribution in [2.45, 2.75) is 13.8 Å². The minimum atomic E-state index is -0.537. The quantitative estimate of drug-likeness (QED) is 0.327. The highest BCUT2D eigenvalue weighted by molar-refractivity contribution is 5.81. The highest BCUT2D eigenvalue weighted by atomic mass is 16.6. The van der Waals surface area contributed by atoms with Crippen molar-refractivity contribution >= 4 is 11.9 Å². The van der Waals surface area contributed by atoms with Gasteiger partial charge in [0.15, 0.2) is 0 Å². The number of carbonyl (C=O) groups excluding carboxylic acids is 2. The molecule has 0 aliphatic rings. The second kappa shape index (κ2) is 20.3. The Balaban J connectivity index is -0.000000315. The molecule has 0 rings (SSSR count). The average Bonchev–Trinajstić information content (AvgIpc) is 2.35. The summed E-state index contributed by atoms with van der Waals surface area (Å²) in [6.07, 6.45) is 5.57. The fourth-order valence-electron chi connectivity index (χ4n) is 0.402. The maximum atomic E-state index is 10.4. The summed E-state index contributed by atoms with van der Waals surface area (Å²) >= 11 is 0. The Morgan fingerprint density at radius 1 is 0.833 bits per heavy atom. The van der Waals surface area contributed by atoms with Crippen molar-refractivity contribution in [1.29, 1.82) is 0 Å². The van der Waals surface area contributed by atoms with Crippen molar-refractivity contribution in [3.05, 3.63) is 50.6 Å². The van der Waals surface area contributed by atoms with Gasteiger partial charge in [0.2, 0.25) is 0 Å². The molecule has 0 aromatic carbocycles. The summed E-state index contributed by atoms with van der Waals surface area (Å²) in [5.74, 6) is -1.07. The number of hydrogen-bond acceptors (Lipinski definition) is 4. The van der Waals surface area contributed by atoms with E-state index in [9.17, 15) is 9.59 Å². The molecule has 0 N–H and O–H groups in total. The van der Waals surface area contributed by atoms with Crippen LogP contribution in [0.2, 0.25) is 0 Å². The average molecular weight is 254 g/mol. The normalized spacial score (nSPS) is 7.00. The SMILES string of the molecule is C=CC.C=CC.C=CC(=O)OCCOC(=O)C=C. The van der Waals surface area contributed by atoms with Crippen LogP contribution in [0, 0.1) is 0 Å². The Morgan fingerprint density at radius 3 is 1.22 bits per heavy atom. The molecule has 0 bridgehead atoms. The lowest BCUT2D eigenvalue weighted by Crippen LogP contribution is -2.10. The smallest absolute Gasteiger partial charge is 0.330 e. The lowest BCUT2D eigenvalue weighted by Gasteiger charge is -2.01. The van der Waals surface area contributed by atoms with Gasteiger partial charge in [-0.25, -0.2) is 9.59 Å². The lowest BCUT2D eigenvalue weighted by molar-refractivity contribution is -0.146. The van der Waals surface area contributed by atoms with E-state index in [1.165, 1.54) is 0 Å². The van der Waals surface area contributed by atoms with Crippen LogP contribution in [0.15, 0.2) is 50.6 Å². The molecular weight excluding hydrogens is 232 g/mol. The molecule has 0 aliphatic carbocycles. The van der Waals surface area contributed by atoms with Gasteiger partial charge in [0.05, 0.1) is 0 Å². The van der Waals surface area contributed by atoms with E-state index in [2.05, 4.69) is 35.8 Å². The predicted molar refractivity (Wildman–Crippen MR) is 74.1 cm³/mol. The van der Waals surface area contributed by atoms with Gasteiger partial charge < -0.3 is 9.47 Å². The van der Waals surface area contributed by atoms with E-state index >= 15 is 0 Å². The van der Waals surface area contributed by atoms with E-state index < -0.39 is 11.9 Å². The molecule has 0 aliphatic heterocycles. The molecule has 102 valence electrons. The van der Waals surface area contributed by atoms with Crippen molar-refractivity contribution < 1.29 is 19.1 Å². The van der Waals surface area contributed by atoms with Gasteiger partial charge in [-0.15, -0.1) is 13.2 Å². The molecule has 0 amide bonds. The van der Waals surface area contributed by atoms with Crippen LogP contribution in [0.1, 0.15) is 13.8 Å². The Hall–Kier alpha value is -2.10. The third kappa shape index (κ3) is 29.2.